The van der Waals surface area contributed by atoms with E-state index >= 15 is 0 Å². The van der Waals surface area contributed by atoms with Crippen LogP contribution < -0.4 is 10.6 Å². The van der Waals surface area contributed by atoms with Crippen molar-refractivity contribution in [2.24, 2.45) is 0 Å². The van der Waals surface area contributed by atoms with Gasteiger partial charge in [-0.3, -0.25) is 0 Å². The van der Waals surface area contributed by atoms with E-state index in [1.165, 1.54) is 6.33 Å². The highest BCUT2D eigenvalue weighted by molar-refractivity contribution is 5.89. The SMILES string of the molecule is O=C(NCCO)Nc1cccc(Cn2cncn2)c1. The van der Waals surface area contributed by atoms with Crippen molar-refractivity contribution in [3.63, 3.8) is 0 Å². The van der Waals surface area contributed by atoms with Gasteiger partial charge in [0.1, 0.15) is 12.7 Å². The number of rotatable bonds is 5. The molecule has 2 aromatic rings. The molecule has 2 rings (SSSR count). The minimum Gasteiger partial charge on any atom is -0.395 e. The predicted molar refractivity (Wildman–Crippen MR) is 69.7 cm³/mol. The maximum atomic E-state index is 11.4. The number of benzene rings is 1. The van der Waals surface area contributed by atoms with Crippen molar-refractivity contribution in [2.45, 2.75) is 6.54 Å². The van der Waals surface area contributed by atoms with Crippen LogP contribution in [-0.2, 0) is 6.54 Å². The number of aromatic nitrogens is 3. The molecule has 0 fully saturated rings. The van der Waals surface area contributed by atoms with Crippen LogP contribution in [0.5, 0.6) is 0 Å². The highest BCUT2D eigenvalue weighted by Crippen LogP contribution is 2.11. The molecule has 2 amide bonds. The van der Waals surface area contributed by atoms with E-state index in [9.17, 15) is 4.79 Å². The van der Waals surface area contributed by atoms with Gasteiger partial charge in [0.2, 0.25) is 0 Å². The van der Waals surface area contributed by atoms with E-state index in [0.717, 1.165) is 5.56 Å². The molecule has 3 N–H and O–H groups in total. The Morgan fingerprint density at radius 2 is 2.32 bits per heavy atom. The van der Waals surface area contributed by atoms with Gasteiger partial charge in [0.15, 0.2) is 0 Å². The summed E-state index contributed by atoms with van der Waals surface area (Å²) in [6.07, 6.45) is 3.11. The number of aliphatic hydroxyl groups excluding tert-OH is 1. The monoisotopic (exact) mass is 261 g/mol. The third kappa shape index (κ3) is 4.07. The molecule has 0 atom stereocenters. The van der Waals surface area contributed by atoms with Gasteiger partial charge in [0, 0.05) is 12.2 Å². The van der Waals surface area contributed by atoms with Gasteiger partial charge < -0.3 is 15.7 Å². The van der Waals surface area contributed by atoms with Crippen LogP contribution in [0.15, 0.2) is 36.9 Å². The van der Waals surface area contributed by atoms with E-state index in [2.05, 4.69) is 20.7 Å². The second-order valence-corrected chi connectivity index (χ2v) is 3.90. The zero-order chi connectivity index (χ0) is 13.5. The second kappa shape index (κ2) is 6.50. The Balaban J connectivity index is 1.97. The summed E-state index contributed by atoms with van der Waals surface area (Å²) >= 11 is 0. The van der Waals surface area contributed by atoms with Gasteiger partial charge >= 0.3 is 6.03 Å². The van der Waals surface area contributed by atoms with Crippen molar-refractivity contribution in [3.8, 4) is 0 Å². The van der Waals surface area contributed by atoms with Crippen molar-refractivity contribution in [2.75, 3.05) is 18.5 Å². The highest BCUT2D eigenvalue weighted by atomic mass is 16.3. The number of nitrogens with zero attached hydrogens (tertiary/aromatic N) is 3. The van der Waals surface area contributed by atoms with E-state index < -0.39 is 0 Å². The van der Waals surface area contributed by atoms with E-state index in [1.807, 2.05) is 18.2 Å². The van der Waals surface area contributed by atoms with Crippen LogP contribution in [0.25, 0.3) is 0 Å². The topological polar surface area (TPSA) is 92.1 Å². The maximum absolute atomic E-state index is 11.4. The minimum atomic E-state index is -0.341. The molecule has 19 heavy (non-hydrogen) atoms. The molecule has 0 aliphatic heterocycles. The molecule has 0 unspecified atom stereocenters. The molecule has 1 aromatic heterocycles. The second-order valence-electron chi connectivity index (χ2n) is 3.90. The summed E-state index contributed by atoms with van der Waals surface area (Å²) in [7, 11) is 0. The van der Waals surface area contributed by atoms with Crippen LogP contribution in [0.1, 0.15) is 5.56 Å². The molecule has 1 heterocycles. The minimum absolute atomic E-state index is 0.0836. The quantitative estimate of drug-likeness (QED) is 0.728. The van der Waals surface area contributed by atoms with E-state index in [0.29, 0.717) is 12.2 Å². The molecule has 0 saturated carbocycles. The Kier molecular flexibility index (Phi) is 4.46. The van der Waals surface area contributed by atoms with Crippen molar-refractivity contribution in [1.82, 2.24) is 20.1 Å². The summed E-state index contributed by atoms with van der Waals surface area (Å²) in [5, 5.41) is 17.8. The molecule has 0 spiro atoms. The molecule has 0 bridgehead atoms. The van der Waals surface area contributed by atoms with Crippen LogP contribution in [-0.4, -0.2) is 39.1 Å². The first kappa shape index (κ1) is 13.0. The molecule has 1 aromatic carbocycles. The largest absolute Gasteiger partial charge is 0.395 e. The van der Waals surface area contributed by atoms with Gasteiger partial charge in [-0.05, 0) is 17.7 Å². The molecular formula is C12H15N5O2. The first-order valence-corrected chi connectivity index (χ1v) is 5.85. The number of nitrogens with one attached hydrogen (secondary N) is 2. The Hall–Kier alpha value is -2.41. The third-order valence-corrected chi connectivity index (χ3v) is 2.39. The van der Waals surface area contributed by atoms with Gasteiger partial charge in [-0.2, -0.15) is 5.10 Å². The van der Waals surface area contributed by atoms with Crippen LogP contribution in [0.2, 0.25) is 0 Å². The Morgan fingerprint density at radius 3 is 3.05 bits per heavy atom. The maximum Gasteiger partial charge on any atom is 0.319 e. The molecule has 7 nitrogen and oxygen atoms in total. The Labute approximate surface area is 110 Å². The molecule has 0 radical (unpaired) electrons. The number of aliphatic hydroxyl groups is 1. The summed E-state index contributed by atoms with van der Waals surface area (Å²) in [5.74, 6) is 0. The number of hydrogen-bond acceptors (Lipinski definition) is 4. The van der Waals surface area contributed by atoms with Crippen LogP contribution in [0.3, 0.4) is 0 Å². The Morgan fingerprint density at radius 1 is 1.42 bits per heavy atom. The molecule has 0 saturated heterocycles. The van der Waals surface area contributed by atoms with Crippen molar-refractivity contribution < 1.29 is 9.90 Å². The molecule has 0 aliphatic rings. The standard InChI is InChI=1S/C12H15N5O2/c18-5-4-14-12(19)16-11-3-1-2-10(6-11)7-17-9-13-8-15-17/h1-3,6,8-9,18H,4-5,7H2,(H2,14,16,19). The van der Waals surface area contributed by atoms with Gasteiger partial charge in [0.25, 0.3) is 0 Å². The third-order valence-electron chi connectivity index (χ3n) is 2.39. The van der Waals surface area contributed by atoms with E-state index in [4.69, 9.17) is 5.11 Å². The lowest BCUT2D eigenvalue weighted by molar-refractivity contribution is 0.245. The number of carbonyl (C=O) groups is 1. The smallest absolute Gasteiger partial charge is 0.319 e. The summed E-state index contributed by atoms with van der Waals surface area (Å²) in [6, 6.07) is 7.11. The van der Waals surface area contributed by atoms with Gasteiger partial charge in [-0.25, -0.2) is 14.5 Å². The normalized spacial score (nSPS) is 10.2. The average molecular weight is 261 g/mol. The zero-order valence-electron chi connectivity index (χ0n) is 10.3. The fourth-order valence-corrected chi connectivity index (χ4v) is 1.59. The molecule has 100 valence electrons. The Bertz CT molecular complexity index is 527. The van der Waals surface area contributed by atoms with Crippen molar-refractivity contribution in [3.05, 3.63) is 42.5 Å². The molecule has 0 aliphatic carbocycles. The number of amides is 2. The van der Waals surface area contributed by atoms with Gasteiger partial charge in [0.05, 0.1) is 13.2 Å². The van der Waals surface area contributed by atoms with Gasteiger partial charge in [-0.1, -0.05) is 12.1 Å². The molecule has 7 heteroatoms. The van der Waals surface area contributed by atoms with Crippen LogP contribution in [0.4, 0.5) is 10.5 Å². The summed E-state index contributed by atoms with van der Waals surface area (Å²) in [6.45, 7) is 0.734. The fraction of sp³-hybridized carbons (Fsp3) is 0.250. The van der Waals surface area contributed by atoms with Crippen LogP contribution >= 0.6 is 0 Å². The first-order chi connectivity index (χ1) is 9.28. The van der Waals surface area contributed by atoms with Crippen molar-refractivity contribution in [1.29, 1.82) is 0 Å². The predicted octanol–water partition coefficient (Wildman–Crippen LogP) is 0.440. The fourth-order valence-electron chi connectivity index (χ4n) is 1.59. The lowest BCUT2D eigenvalue weighted by atomic mass is 10.2. The number of carbonyl (C=O) groups excluding carboxylic acids is 1. The number of urea groups is 1. The van der Waals surface area contributed by atoms with Gasteiger partial charge in [-0.15, -0.1) is 0 Å². The van der Waals surface area contributed by atoms with Crippen LogP contribution in [0, 0.1) is 0 Å². The van der Waals surface area contributed by atoms with E-state index in [-0.39, 0.29) is 19.2 Å². The molecular weight excluding hydrogens is 246 g/mol. The number of hydrogen-bond donors (Lipinski definition) is 3. The number of anilines is 1. The van der Waals surface area contributed by atoms with Crippen molar-refractivity contribution >= 4 is 11.7 Å². The average Bonchev–Trinajstić information content (AvgIpc) is 2.89. The summed E-state index contributed by atoms with van der Waals surface area (Å²) in [4.78, 5) is 15.3. The zero-order valence-corrected chi connectivity index (χ0v) is 10.3. The lowest BCUT2D eigenvalue weighted by Crippen LogP contribution is -2.30. The lowest BCUT2D eigenvalue weighted by Gasteiger charge is -2.08. The summed E-state index contributed by atoms with van der Waals surface area (Å²) < 4.78 is 1.70. The first-order valence-electron chi connectivity index (χ1n) is 5.85. The highest BCUT2D eigenvalue weighted by Gasteiger charge is 2.02. The van der Waals surface area contributed by atoms with E-state index in [1.54, 1.807) is 17.1 Å². The summed E-state index contributed by atoms with van der Waals surface area (Å²) in [5.41, 5.74) is 1.69.